The van der Waals surface area contributed by atoms with Crippen molar-refractivity contribution in [2.24, 2.45) is 4.99 Å². The average Bonchev–Trinajstić information content (AvgIpc) is 2.43. The maximum absolute atomic E-state index is 11.0. The molecular weight excluding hydrogens is 230 g/mol. The zero-order valence-corrected chi connectivity index (χ0v) is 10.8. The van der Waals surface area contributed by atoms with Gasteiger partial charge in [0.05, 0.1) is 20.6 Å². The summed E-state index contributed by atoms with van der Waals surface area (Å²) in [5.74, 6) is 0.234. The molecule has 0 aliphatic carbocycles. The summed E-state index contributed by atoms with van der Waals surface area (Å²) in [6.45, 7) is 1.81. The molecule has 0 fully saturated rings. The highest BCUT2D eigenvalue weighted by molar-refractivity contribution is 5.94. The summed E-state index contributed by atoms with van der Waals surface area (Å²) in [4.78, 5) is 15.3. The smallest absolute Gasteiger partial charge is 0.309 e. The van der Waals surface area contributed by atoms with E-state index in [1.807, 2.05) is 37.3 Å². The van der Waals surface area contributed by atoms with E-state index >= 15 is 0 Å². The van der Waals surface area contributed by atoms with Crippen molar-refractivity contribution in [2.75, 3.05) is 14.2 Å². The molecule has 18 heavy (non-hydrogen) atoms. The van der Waals surface area contributed by atoms with Gasteiger partial charge in [-0.3, -0.25) is 4.79 Å². The highest BCUT2D eigenvalue weighted by Gasteiger charge is 2.02. The standard InChI is InChI=1S/C14H17NO3/c1-11(9-10-13(16)17-2)15-14(18-3)12-7-5-4-6-8-12/h4-9H,10H2,1-3H3/b11-9-,15-14?. The summed E-state index contributed by atoms with van der Waals surface area (Å²) in [5.41, 5.74) is 1.60. The molecule has 4 nitrogen and oxygen atoms in total. The molecule has 0 N–H and O–H groups in total. The van der Waals surface area contributed by atoms with Gasteiger partial charge in [-0.15, -0.1) is 0 Å². The third-order valence-electron chi connectivity index (χ3n) is 2.28. The fourth-order valence-electron chi connectivity index (χ4n) is 1.33. The monoisotopic (exact) mass is 247 g/mol. The van der Waals surface area contributed by atoms with Crippen LogP contribution in [0.1, 0.15) is 18.9 Å². The van der Waals surface area contributed by atoms with E-state index in [0.29, 0.717) is 11.6 Å². The van der Waals surface area contributed by atoms with Gasteiger partial charge in [-0.05, 0) is 19.1 Å². The van der Waals surface area contributed by atoms with Gasteiger partial charge in [-0.2, -0.15) is 0 Å². The van der Waals surface area contributed by atoms with Crippen LogP contribution in [0.3, 0.4) is 0 Å². The maximum atomic E-state index is 11.0. The number of hydrogen-bond donors (Lipinski definition) is 0. The number of aliphatic imine (C=N–C) groups is 1. The Morgan fingerprint density at radius 2 is 1.89 bits per heavy atom. The minimum Gasteiger partial charge on any atom is -0.481 e. The Bertz CT molecular complexity index is 449. The fraction of sp³-hybridized carbons (Fsp3) is 0.286. The van der Waals surface area contributed by atoms with Crippen LogP contribution in [0.15, 0.2) is 47.1 Å². The van der Waals surface area contributed by atoms with Crippen LogP contribution in [0.25, 0.3) is 0 Å². The molecule has 0 heterocycles. The molecular formula is C14H17NO3. The lowest BCUT2D eigenvalue weighted by molar-refractivity contribution is -0.139. The van der Waals surface area contributed by atoms with Crippen molar-refractivity contribution in [1.82, 2.24) is 0 Å². The van der Waals surface area contributed by atoms with Gasteiger partial charge in [-0.1, -0.05) is 24.3 Å². The van der Waals surface area contributed by atoms with Crippen LogP contribution in [-0.2, 0) is 14.3 Å². The molecule has 0 unspecified atom stereocenters. The molecule has 1 rings (SSSR count). The number of allylic oxidation sites excluding steroid dienone is 1. The molecule has 0 aromatic heterocycles. The fourth-order valence-corrected chi connectivity index (χ4v) is 1.33. The van der Waals surface area contributed by atoms with E-state index in [4.69, 9.17) is 4.74 Å². The Morgan fingerprint density at radius 3 is 2.44 bits per heavy atom. The van der Waals surface area contributed by atoms with Gasteiger partial charge in [0.2, 0.25) is 5.90 Å². The molecule has 0 aliphatic rings. The van der Waals surface area contributed by atoms with E-state index in [1.54, 1.807) is 13.2 Å². The van der Waals surface area contributed by atoms with E-state index in [2.05, 4.69) is 9.73 Å². The molecule has 0 radical (unpaired) electrons. The molecule has 0 spiro atoms. The number of methoxy groups -OCH3 is 2. The Kier molecular flexibility index (Phi) is 5.64. The second-order valence-electron chi connectivity index (χ2n) is 3.61. The van der Waals surface area contributed by atoms with Gasteiger partial charge < -0.3 is 9.47 Å². The lowest BCUT2D eigenvalue weighted by atomic mass is 10.2. The van der Waals surface area contributed by atoms with Gasteiger partial charge in [0, 0.05) is 11.3 Å². The maximum Gasteiger partial charge on any atom is 0.309 e. The lowest BCUT2D eigenvalue weighted by Gasteiger charge is -2.05. The predicted octanol–water partition coefficient (Wildman–Crippen LogP) is 2.55. The highest BCUT2D eigenvalue weighted by Crippen LogP contribution is 2.06. The second-order valence-corrected chi connectivity index (χ2v) is 3.61. The SMILES string of the molecule is COC(=O)C/C=C(/C)N=C(OC)c1ccccc1. The Labute approximate surface area is 107 Å². The first-order chi connectivity index (χ1) is 8.67. The van der Waals surface area contributed by atoms with Gasteiger partial charge in [-0.25, -0.2) is 4.99 Å². The molecule has 0 saturated carbocycles. The Hall–Kier alpha value is -2.10. The summed E-state index contributed by atoms with van der Waals surface area (Å²) in [5, 5.41) is 0. The molecule has 1 aromatic rings. The molecule has 1 aromatic carbocycles. The normalized spacial score (nSPS) is 12.2. The van der Waals surface area contributed by atoms with Crippen molar-refractivity contribution in [3.05, 3.63) is 47.7 Å². The van der Waals surface area contributed by atoms with Crippen molar-refractivity contribution in [3.8, 4) is 0 Å². The topological polar surface area (TPSA) is 47.9 Å². The van der Waals surface area contributed by atoms with Crippen molar-refractivity contribution in [2.45, 2.75) is 13.3 Å². The van der Waals surface area contributed by atoms with Crippen LogP contribution in [0.5, 0.6) is 0 Å². The molecule has 4 heteroatoms. The van der Waals surface area contributed by atoms with E-state index in [1.165, 1.54) is 7.11 Å². The lowest BCUT2D eigenvalue weighted by Crippen LogP contribution is -2.03. The molecule has 0 saturated heterocycles. The molecule has 96 valence electrons. The number of rotatable bonds is 4. The van der Waals surface area contributed by atoms with Crippen LogP contribution >= 0.6 is 0 Å². The zero-order chi connectivity index (χ0) is 13.4. The Morgan fingerprint density at radius 1 is 1.22 bits per heavy atom. The average molecular weight is 247 g/mol. The first-order valence-electron chi connectivity index (χ1n) is 5.59. The summed E-state index contributed by atoms with van der Waals surface area (Å²) >= 11 is 0. The zero-order valence-electron chi connectivity index (χ0n) is 10.8. The molecule has 0 amide bonds. The number of carbonyl (C=O) groups excluding carboxylic acids is 1. The van der Waals surface area contributed by atoms with Crippen LogP contribution in [0, 0.1) is 0 Å². The third kappa shape index (κ3) is 4.41. The van der Waals surface area contributed by atoms with Crippen LogP contribution < -0.4 is 0 Å². The third-order valence-corrected chi connectivity index (χ3v) is 2.28. The summed E-state index contributed by atoms with van der Waals surface area (Å²) < 4.78 is 9.79. The van der Waals surface area contributed by atoms with Gasteiger partial charge in [0.15, 0.2) is 0 Å². The predicted molar refractivity (Wildman–Crippen MR) is 70.4 cm³/mol. The summed E-state index contributed by atoms with van der Waals surface area (Å²) in [6, 6.07) is 9.58. The summed E-state index contributed by atoms with van der Waals surface area (Å²) in [6.07, 6.45) is 1.91. The first kappa shape index (κ1) is 14.0. The van der Waals surface area contributed by atoms with E-state index in [-0.39, 0.29) is 12.4 Å². The van der Waals surface area contributed by atoms with Crippen molar-refractivity contribution in [1.29, 1.82) is 0 Å². The minimum atomic E-state index is -0.289. The highest BCUT2D eigenvalue weighted by atomic mass is 16.5. The number of hydrogen-bond acceptors (Lipinski definition) is 4. The van der Waals surface area contributed by atoms with Crippen LogP contribution in [0.2, 0.25) is 0 Å². The Balaban J connectivity index is 2.82. The molecule has 0 atom stereocenters. The first-order valence-corrected chi connectivity index (χ1v) is 5.59. The van der Waals surface area contributed by atoms with Crippen molar-refractivity contribution in [3.63, 3.8) is 0 Å². The summed E-state index contributed by atoms with van der Waals surface area (Å²) in [7, 11) is 2.93. The van der Waals surface area contributed by atoms with Gasteiger partial charge in [0.1, 0.15) is 0 Å². The van der Waals surface area contributed by atoms with E-state index in [0.717, 1.165) is 5.56 Å². The van der Waals surface area contributed by atoms with E-state index < -0.39 is 0 Å². The van der Waals surface area contributed by atoms with Gasteiger partial charge >= 0.3 is 5.97 Å². The second kappa shape index (κ2) is 7.27. The minimum absolute atomic E-state index is 0.206. The number of ether oxygens (including phenoxy) is 2. The molecule has 0 bridgehead atoms. The quantitative estimate of drug-likeness (QED) is 0.466. The number of nitrogens with zero attached hydrogens (tertiary/aromatic N) is 1. The van der Waals surface area contributed by atoms with Crippen molar-refractivity contribution < 1.29 is 14.3 Å². The molecule has 0 aliphatic heterocycles. The number of benzene rings is 1. The van der Waals surface area contributed by atoms with E-state index in [9.17, 15) is 4.79 Å². The van der Waals surface area contributed by atoms with Crippen LogP contribution in [0.4, 0.5) is 0 Å². The van der Waals surface area contributed by atoms with Crippen molar-refractivity contribution >= 4 is 11.9 Å². The largest absolute Gasteiger partial charge is 0.481 e. The number of carbonyl (C=O) groups is 1. The van der Waals surface area contributed by atoms with Gasteiger partial charge in [0.25, 0.3) is 0 Å². The number of esters is 1. The van der Waals surface area contributed by atoms with Crippen LogP contribution in [-0.4, -0.2) is 26.1 Å².